The minimum absolute atomic E-state index is 0.321. The molecule has 2 aliphatic rings. The first-order valence-electron chi connectivity index (χ1n) is 10.3. The molecular formula is C23H31N3O+2. The number of rotatable bonds is 4. The number of quaternary nitrogens is 2. The van der Waals surface area contributed by atoms with Gasteiger partial charge in [0.2, 0.25) is 0 Å². The van der Waals surface area contributed by atoms with Crippen LogP contribution in [-0.2, 0) is 24.3 Å². The molecule has 1 amide bonds. The Bertz CT molecular complexity index is 796. The maximum Gasteiger partial charge on any atom is 0.278 e. The lowest BCUT2D eigenvalue weighted by atomic mass is 10.00. The highest BCUT2D eigenvalue weighted by Gasteiger charge is 2.28. The summed E-state index contributed by atoms with van der Waals surface area (Å²) in [5.74, 6) is 0.321. The van der Waals surface area contributed by atoms with Crippen LogP contribution < -0.4 is 9.80 Å². The van der Waals surface area contributed by atoms with Gasteiger partial charge in [0.15, 0.2) is 6.54 Å². The van der Waals surface area contributed by atoms with Gasteiger partial charge in [0.05, 0.1) is 0 Å². The molecule has 0 bridgehead atoms. The second-order valence-corrected chi connectivity index (χ2v) is 8.11. The summed E-state index contributed by atoms with van der Waals surface area (Å²) in [6.45, 7) is 10.1. The van der Waals surface area contributed by atoms with Crippen molar-refractivity contribution < 1.29 is 14.6 Å². The first-order valence-corrected chi connectivity index (χ1v) is 10.3. The molecule has 2 aromatic rings. The summed E-state index contributed by atoms with van der Waals surface area (Å²) in [6, 6.07) is 17.2. The highest BCUT2D eigenvalue weighted by Crippen LogP contribution is 2.18. The van der Waals surface area contributed by atoms with Crippen molar-refractivity contribution >= 4 is 5.91 Å². The zero-order chi connectivity index (χ0) is 18.6. The number of carbonyl (C=O) groups excluding carboxylic acids is 1. The van der Waals surface area contributed by atoms with E-state index in [1.807, 2.05) is 0 Å². The Hall–Kier alpha value is -2.17. The van der Waals surface area contributed by atoms with E-state index in [-0.39, 0.29) is 0 Å². The van der Waals surface area contributed by atoms with E-state index in [1.54, 1.807) is 4.90 Å². The van der Waals surface area contributed by atoms with Crippen LogP contribution in [0.2, 0.25) is 0 Å². The summed E-state index contributed by atoms with van der Waals surface area (Å²) < 4.78 is 0. The van der Waals surface area contributed by atoms with Gasteiger partial charge in [-0.1, -0.05) is 48.5 Å². The number of aryl methyl sites for hydroxylation is 1. The van der Waals surface area contributed by atoms with Crippen molar-refractivity contribution in [2.75, 3.05) is 39.3 Å². The Morgan fingerprint density at radius 2 is 1.59 bits per heavy atom. The van der Waals surface area contributed by atoms with Gasteiger partial charge < -0.3 is 14.7 Å². The quantitative estimate of drug-likeness (QED) is 0.776. The number of hydrogen-bond acceptors (Lipinski definition) is 1. The molecule has 0 unspecified atom stereocenters. The molecule has 2 heterocycles. The molecule has 1 fully saturated rings. The van der Waals surface area contributed by atoms with Gasteiger partial charge >= 0.3 is 0 Å². The number of hydrogen-bond donors (Lipinski definition) is 2. The third-order valence-corrected chi connectivity index (χ3v) is 6.25. The number of amides is 1. The first kappa shape index (κ1) is 18.2. The van der Waals surface area contributed by atoms with Gasteiger partial charge in [-0.3, -0.25) is 4.79 Å². The molecule has 0 aromatic heterocycles. The minimum atomic E-state index is 0.321. The first-order chi connectivity index (χ1) is 13.2. The molecule has 2 aromatic carbocycles. The normalized spacial score (nSPS) is 22.3. The highest BCUT2D eigenvalue weighted by molar-refractivity contribution is 5.77. The van der Waals surface area contributed by atoms with Crippen LogP contribution in [0.4, 0.5) is 0 Å². The Morgan fingerprint density at radius 1 is 0.926 bits per heavy atom. The molecule has 4 nitrogen and oxygen atoms in total. The van der Waals surface area contributed by atoms with Gasteiger partial charge in [0, 0.05) is 18.7 Å². The summed E-state index contributed by atoms with van der Waals surface area (Å²) in [5.41, 5.74) is 5.57. The smallest absolute Gasteiger partial charge is 0.278 e. The standard InChI is InChI=1S/C23H29N3O/c1-19-6-2-3-8-21(19)16-24-12-14-25(15-13-24)18-23(27)26-11-10-20-7-4-5-9-22(20)17-26/h2-9H,10-18H2,1H3/p+2. The zero-order valence-electron chi connectivity index (χ0n) is 16.3. The van der Waals surface area contributed by atoms with E-state index < -0.39 is 0 Å². The highest BCUT2D eigenvalue weighted by atomic mass is 16.2. The van der Waals surface area contributed by atoms with Crippen LogP contribution in [0.5, 0.6) is 0 Å². The van der Waals surface area contributed by atoms with Crippen molar-refractivity contribution in [1.82, 2.24) is 4.90 Å². The molecule has 0 aliphatic carbocycles. The molecule has 0 radical (unpaired) electrons. The van der Waals surface area contributed by atoms with Crippen molar-refractivity contribution in [1.29, 1.82) is 0 Å². The van der Waals surface area contributed by atoms with Crippen LogP contribution in [0.3, 0.4) is 0 Å². The summed E-state index contributed by atoms with van der Waals surface area (Å²) in [6.07, 6.45) is 0.992. The summed E-state index contributed by atoms with van der Waals surface area (Å²) in [5, 5.41) is 0. The van der Waals surface area contributed by atoms with Crippen LogP contribution in [0, 0.1) is 6.92 Å². The molecule has 1 saturated heterocycles. The Labute approximate surface area is 162 Å². The molecular weight excluding hydrogens is 334 g/mol. The minimum Gasteiger partial charge on any atom is -0.333 e. The van der Waals surface area contributed by atoms with Crippen LogP contribution >= 0.6 is 0 Å². The fourth-order valence-electron chi connectivity index (χ4n) is 4.42. The van der Waals surface area contributed by atoms with Crippen molar-refractivity contribution in [2.45, 2.75) is 26.4 Å². The van der Waals surface area contributed by atoms with E-state index in [0.717, 1.165) is 52.2 Å². The van der Waals surface area contributed by atoms with Crippen molar-refractivity contribution in [3.05, 3.63) is 70.8 Å². The molecule has 4 heteroatoms. The van der Waals surface area contributed by atoms with Gasteiger partial charge in [0.1, 0.15) is 32.7 Å². The third-order valence-electron chi connectivity index (χ3n) is 6.25. The Balaban J connectivity index is 1.26. The number of benzene rings is 2. The summed E-state index contributed by atoms with van der Waals surface area (Å²) in [4.78, 5) is 17.9. The fourth-order valence-corrected chi connectivity index (χ4v) is 4.42. The van der Waals surface area contributed by atoms with E-state index in [4.69, 9.17) is 0 Å². The molecule has 2 aliphatic heterocycles. The molecule has 0 saturated carbocycles. The van der Waals surface area contributed by atoms with Crippen molar-refractivity contribution in [3.8, 4) is 0 Å². The predicted molar refractivity (Wildman–Crippen MR) is 107 cm³/mol. The zero-order valence-corrected chi connectivity index (χ0v) is 16.3. The van der Waals surface area contributed by atoms with Crippen LogP contribution in [-0.4, -0.2) is 50.1 Å². The lowest BCUT2D eigenvalue weighted by Gasteiger charge is -2.33. The van der Waals surface area contributed by atoms with Gasteiger partial charge in [-0.05, 0) is 30.0 Å². The third kappa shape index (κ3) is 4.40. The SMILES string of the molecule is Cc1ccccc1C[NH+]1CC[NH+](CC(=O)N2CCc3ccccc3C2)CC1. The number of fused-ring (bicyclic) bond motifs is 1. The summed E-state index contributed by atoms with van der Waals surface area (Å²) >= 11 is 0. The largest absolute Gasteiger partial charge is 0.333 e. The van der Waals surface area contributed by atoms with Gasteiger partial charge in [-0.15, -0.1) is 0 Å². The molecule has 27 heavy (non-hydrogen) atoms. The van der Waals surface area contributed by atoms with Crippen molar-refractivity contribution in [2.24, 2.45) is 0 Å². The number of nitrogens with zero attached hydrogens (tertiary/aromatic N) is 1. The van der Waals surface area contributed by atoms with Gasteiger partial charge in [-0.2, -0.15) is 0 Å². The molecule has 142 valence electrons. The maximum absolute atomic E-state index is 12.8. The topological polar surface area (TPSA) is 29.2 Å². The number of piperazine rings is 1. The van der Waals surface area contributed by atoms with E-state index in [9.17, 15) is 4.79 Å². The fraction of sp³-hybridized carbons (Fsp3) is 0.435. The van der Waals surface area contributed by atoms with E-state index in [2.05, 4.69) is 60.4 Å². The average molecular weight is 366 g/mol. The monoisotopic (exact) mass is 365 g/mol. The second-order valence-electron chi connectivity index (χ2n) is 8.11. The van der Waals surface area contributed by atoms with E-state index in [1.165, 1.54) is 27.2 Å². The van der Waals surface area contributed by atoms with Crippen LogP contribution in [0.1, 0.15) is 22.3 Å². The maximum atomic E-state index is 12.8. The molecule has 0 atom stereocenters. The van der Waals surface area contributed by atoms with Crippen LogP contribution in [0.15, 0.2) is 48.5 Å². The molecule has 4 rings (SSSR count). The Kier molecular flexibility index (Phi) is 5.55. The van der Waals surface area contributed by atoms with Crippen LogP contribution in [0.25, 0.3) is 0 Å². The molecule has 0 spiro atoms. The van der Waals surface area contributed by atoms with Crippen molar-refractivity contribution in [3.63, 3.8) is 0 Å². The average Bonchev–Trinajstić information content (AvgIpc) is 2.71. The molecule has 2 N–H and O–H groups in total. The second kappa shape index (κ2) is 8.24. The van der Waals surface area contributed by atoms with Gasteiger partial charge in [-0.25, -0.2) is 0 Å². The lowest BCUT2D eigenvalue weighted by Crippen LogP contribution is -3.28. The number of nitrogens with one attached hydrogen (secondary N) is 2. The lowest BCUT2D eigenvalue weighted by molar-refractivity contribution is -1.02. The van der Waals surface area contributed by atoms with E-state index in [0.29, 0.717) is 12.5 Å². The number of carbonyl (C=O) groups is 1. The van der Waals surface area contributed by atoms with E-state index >= 15 is 0 Å². The summed E-state index contributed by atoms with van der Waals surface area (Å²) in [7, 11) is 0. The predicted octanol–water partition coefficient (Wildman–Crippen LogP) is -0.137. The van der Waals surface area contributed by atoms with Gasteiger partial charge in [0.25, 0.3) is 5.91 Å². The Morgan fingerprint density at radius 3 is 2.37 bits per heavy atom.